The molecule has 0 aliphatic carbocycles. The van der Waals surface area contributed by atoms with Crippen molar-refractivity contribution in [2.45, 2.75) is 6.61 Å². The van der Waals surface area contributed by atoms with E-state index in [0.717, 1.165) is 0 Å². The van der Waals surface area contributed by atoms with Gasteiger partial charge in [0.1, 0.15) is 24.0 Å². The van der Waals surface area contributed by atoms with E-state index >= 15 is 0 Å². The van der Waals surface area contributed by atoms with E-state index in [1.54, 1.807) is 12.1 Å². The predicted molar refractivity (Wildman–Crippen MR) is 72.8 cm³/mol. The first kappa shape index (κ1) is 13.9. The SMILES string of the molecule is NNc1ccc(Cl)c(COc2ccc(F)cc2Cl)n1. The number of rotatable bonds is 4. The molecule has 2 rings (SSSR count). The van der Waals surface area contributed by atoms with Gasteiger partial charge in [-0.25, -0.2) is 15.2 Å². The summed E-state index contributed by atoms with van der Waals surface area (Å²) < 4.78 is 18.3. The minimum Gasteiger partial charge on any atom is -0.486 e. The Labute approximate surface area is 119 Å². The molecule has 1 aromatic heterocycles. The summed E-state index contributed by atoms with van der Waals surface area (Å²) in [4.78, 5) is 4.14. The van der Waals surface area contributed by atoms with E-state index in [1.807, 2.05) is 0 Å². The lowest BCUT2D eigenvalue weighted by Crippen LogP contribution is -2.10. The molecule has 19 heavy (non-hydrogen) atoms. The maximum atomic E-state index is 12.9. The zero-order valence-corrected chi connectivity index (χ0v) is 11.2. The third-order valence-corrected chi connectivity index (χ3v) is 2.96. The third-order valence-electron chi connectivity index (χ3n) is 2.32. The van der Waals surface area contributed by atoms with Gasteiger partial charge >= 0.3 is 0 Å². The summed E-state index contributed by atoms with van der Waals surface area (Å²) >= 11 is 11.8. The number of nitrogens with two attached hydrogens (primary N) is 1. The van der Waals surface area contributed by atoms with Gasteiger partial charge in [-0.2, -0.15) is 0 Å². The molecule has 0 aliphatic heterocycles. The lowest BCUT2D eigenvalue weighted by Gasteiger charge is -2.09. The maximum absolute atomic E-state index is 12.9. The van der Waals surface area contributed by atoms with E-state index in [2.05, 4.69) is 10.4 Å². The lowest BCUT2D eigenvalue weighted by atomic mass is 10.3. The van der Waals surface area contributed by atoms with Gasteiger partial charge in [-0.3, -0.25) is 0 Å². The highest BCUT2D eigenvalue weighted by molar-refractivity contribution is 6.32. The van der Waals surface area contributed by atoms with E-state index < -0.39 is 5.82 Å². The highest BCUT2D eigenvalue weighted by Gasteiger charge is 2.07. The summed E-state index contributed by atoms with van der Waals surface area (Å²) in [6.45, 7) is 0.0969. The fourth-order valence-corrected chi connectivity index (χ4v) is 1.79. The predicted octanol–water partition coefficient (Wildman–Crippen LogP) is 3.39. The normalized spacial score (nSPS) is 10.3. The van der Waals surface area contributed by atoms with Gasteiger partial charge in [-0.05, 0) is 30.3 Å². The van der Waals surface area contributed by atoms with Crippen molar-refractivity contribution in [3.63, 3.8) is 0 Å². The Morgan fingerprint density at radius 2 is 2.00 bits per heavy atom. The third kappa shape index (κ3) is 3.47. The van der Waals surface area contributed by atoms with Crippen LogP contribution in [0.3, 0.4) is 0 Å². The van der Waals surface area contributed by atoms with Crippen molar-refractivity contribution in [3.8, 4) is 5.75 Å². The van der Waals surface area contributed by atoms with Crippen molar-refractivity contribution < 1.29 is 9.13 Å². The summed E-state index contributed by atoms with van der Waals surface area (Å²) in [5, 5.41) is 0.626. The molecule has 100 valence electrons. The van der Waals surface area contributed by atoms with Gasteiger partial charge in [0.25, 0.3) is 0 Å². The second-order valence-electron chi connectivity index (χ2n) is 3.63. The number of benzene rings is 1. The van der Waals surface area contributed by atoms with Gasteiger partial charge < -0.3 is 10.2 Å². The van der Waals surface area contributed by atoms with E-state index in [1.165, 1.54) is 18.2 Å². The molecule has 0 atom stereocenters. The van der Waals surface area contributed by atoms with Crippen LogP contribution in [0.2, 0.25) is 10.0 Å². The minimum atomic E-state index is -0.428. The zero-order chi connectivity index (χ0) is 13.8. The molecule has 0 saturated carbocycles. The minimum absolute atomic E-state index is 0.0969. The molecule has 0 unspecified atom stereocenters. The number of hydrogen-bond acceptors (Lipinski definition) is 4. The number of aromatic nitrogens is 1. The largest absolute Gasteiger partial charge is 0.486 e. The monoisotopic (exact) mass is 301 g/mol. The van der Waals surface area contributed by atoms with E-state index in [4.69, 9.17) is 33.8 Å². The Hall–Kier alpha value is -1.56. The average molecular weight is 302 g/mol. The van der Waals surface area contributed by atoms with Crippen molar-refractivity contribution in [2.75, 3.05) is 5.43 Å². The number of nitrogens with zero attached hydrogens (tertiary/aromatic N) is 1. The van der Waals surface area contributed by atoms with Crippen LogP contribution in [0.5, 0.6) is 5.75 Å². The molecule has 0 spiro atoms. The van der Waals surface area contributed by atoms with Crippen LogP contribution >= 0.6 is 23.2 Å². The van der Waals surface area contributed by atoms with Crippen molar-refractivity contribution >= 4 is 29.0 Å². The second-order valence-corrected chi connectivity index (χ2v) is 4.45. The van der Waals surface area contributed by atoms with Gasteiger partial charge in [0.15, 0.2) is 0 Å². The lowest BCUT2D eigenvalue weighted by molar-refractivity contribution is 0.301. The number of anilines is 1. The molecular weight excluding hydrogens is 292 g/mol. The molecule has 2 aromatic rings. The van der Waals surface area contributed by atoms with Crippen LogP contribution in [0.1, 0.15) is 5.69 Å². The van der Waals surface area contributed by atoms with E-state index in [-0.39, 0.29) is 11.6 Å². The molecule has 4 nitrogen and oxygen atoms in total. The quantitative estimate of drug-likeness (QED) is 0.671. The first-order chi connectivity index (χ1) is 9.10. The van der Waals surface area contributed by atoms with Crippen LogP contribution in [-0.2, 0) is 6.61 Å². The van der Waals surface area contributed by atoms with Crippen molar-refractivity contribution in [1.29, 1.82) is 0 Å². The number of hydrazine groups is 1. The summed E-state index contributed by atoms with van der Waals surface area (Å²) in [5.74, 6) is 5.65. The molecule has 0 amide bonds. The summed E-state index contributed by atoms with van der Waals surface area (Å²) in [6, 6.07) is 7.15. The van der Waals surface area contributed by atoms with E-state index in [0.29, 0.717) is 22.3 Å². The topological polar surface area (TPSA) is 60.2 Å². The Morgan fingerprint density at radius 3 is 2.68 bits per heavy atom. The molecule has 0 saturated heterocycles. The van der Waals surface area contributed by atoms with Crippen LogP contribution in [0.25, 0.3) is 0 Å². The first-order valence-electron chi connectivity index (χ1n) is 5.30. The molecule has 3 N–H and O–H groups in total. The molecule has 7 heteroatoms. The number of halogens is 3. The first-order valence-corrected chi connectivity index (χ1v) is 6.05. The average Bonchev–Trinajstić information content (AvgIpc) is 2.39. The van der Waals surface area contributed by atoms with E-state index in [9.17, 15) is 4.39 Å². The molecule has 0 fully saturated rings. The number of nitrogens with one attached hydrogen (secondary N) is 1. The Kier molecular flexibility index (Phi) is 4.42. The standard InChI is InChI=1S/C12H10Cl2FN3O/c13-8-2-4-12(18-16)17-10(8)6-19-11-3-1-7(15)5-9(11)14/h1-5H,6,16H2,(H,17,18). The highest BCUT2D eigenvalue weighted by atomic mass is 35.5. The Bertz CT molecular complexity index is 595. The molecule has 1 aromatic carbocycles. The van der Waals surface area contributed by atoms with Crippen LogP contribution in [0, 0.1) is 5.82 Å². The highest BCUT2D eigenvalue weighted by Crippen LogP contribution is 2.26. The Balaban J connectivity index is 2.14. The number of pyridine rings is 1. The number of nitrogen functional groups attached to an aromatic ring is 1. The van der Waals surface area contributed by atoms with Crippen LogP contribution in [0.15, 0.2) is 30.3 Å². The van der Waals surface area contributed by atoms with Gasteiger partial charge in [-0.1, -0.05) is 23.2 Å². The number of ether oxygens (including phenoxy) is 1. The molecule has 0 bridgehead atoms. The van der Waals surface area contributed by atoms with Crippen molar-refractivity contribution in [1.82, 2.24) is 4.98 Å². The van der Waals surface area contributed by atoms with Crippen molar-refractivity contribution in [2.24, 2.45) is 5.84 Å². The Morgan fingerprint density at radius 1 is 1.21 bits per heavy atom. The zero-order valence-electron chi connectivity index (χ0n) is 9.66. The summed E-state index contributed by atoms with van der Waals surface area (Å²) in [5.41, 5.74) is 2.91. The fourth-order valence-electron chi connectivity index (χ4n) is 1.40. The summed E-state index contributed by atoms with van der Waals surface area (Å²) in [6.07, 6.45) is 0. The molecule has 0 radical (unpaired) electrons. The smallest absolute Gasteiger partial charge is 0.140 e. The molecular formula is C12H10Cl2FN3O. The van der Waals surface area contributed by atoms with Gasteiger partial charge in [0.2, 0.25) is 0 Å². The van der Waals surface area contributed by atoms with Gasteiger partial charge in [0.05, 0.1) is 15.7 Å². The van der Waals surface area contributed by atoms with Crippen molar-refractivity contribution in [3.05, 3.63) is 51.9 Å². The van der Waals surface area contributed by atoms with Crippen LogP contribution < -0.4 is 16.0 Å². The van der Waals surface area contributed by atoms with Crippen LogP contribution in [0.4, 0.5) is 10.2 Å². The van der Waals surface area contributed by atoms with Gasteiger partial charge in [-0.15, -0.1) is 0 Å². The molecule has 1 heterocycles. The molecule has 0 aliphatic rings. The van der Waals surface area contributed by atoms with Gasteiger partial charge in [0, 0.05) is 0 Å². The number of hydrogen-bond donors (Lipinski definition) is 2. The maximum Gasteiger partial charge on any atom is 0.140 e. The van der Waals surface area contributed by atoms with Crippen LogP contribution in [-0.4, -0.2) is 4.98 Å². The fraction of sp³-hybridized carbons (Fsp3) is 0.0833. The summed E-state index contributed by atoms with van der Waals surface area (Å²) in [7, 11) is 0. The second kappa shape index (κ2) is 6.06.